The van der Waals surface area contributed by atoms with Crippen LogP contribution in [-0.2, 0) is 0 Å². The molecule has 0 atom stereocenters. The Labute approximate surface area is 128 Å². The summed E-state index contributed by atoms with van der Waals surface area (Å²) in [5.41, 5.74) is 5.46. The van der Waals surface area contributed by atoms with E-state index in [4.69, 9.17) is 18.0 Å². The Morgan fingerprint density at radius 3 is 2.35 bits per heavy atom. The van der Waals surface area contributed by atoms with Gasteiger partial charge in [-0.25, -0.2) is 8.78 Å². The van der Waals surface area contributed by atoms with Crippen LogP contribution in [0.15, 0.2) is 12.1 Å². The molecule has 0 radical (unpaired) electrons. The molecule has 0 amide bonds. The number of thiocarbonyl (C=S) groups is 1. The highest BCUT2D eigenvalue weighted by Crippen LogP contribution is 2.21. The van der Waals surface area contributed by atoms with Crippen molar-refractivity contribution in [1.29, 1.82) is 0 Å². The molecule has 112 valence electrons. The van der Waals surface area contributed by atoms with Gasteiger partial charge in [-0.15, -0.1) is 0 Å². The summed E-state index contributed by atoms with van der Waals surface area (Å²) in [5, 5.41) is 2.80. The Morgan fingerprint density at radius 1 is 1.20 bits per heavy atom. The normalized spacial score (nSPS) is 10.6. The first kappa shape index (κ1) is 17.2. The average Bonchev–Trinajstić information content (AvgIpc) is 2.40. The zero-order valence-corrected chi connectivity index (χ0v) is 13.2. The standard InChI is InChI=1S/C14H20F2N2S2/c1-20-7-5-3-2-4-6-18-13-11(15)8-10(14(17)19)9-12(13)16/h8-9,18H,2-7H2,1H3,(H2,17,19). The van der Waals surface area contributed by atoms with E-state index < -0.39 is 11.6 Å². The van der Waals surface area contributed by atoms with Crippen LogP contribution in [0.5, 0.6) is 0 Å². The van der Waals surface area contributed by atoms with E-state index in [2.05, 4.69) is 11.6 Å². The fourth-order valence-corrected chi connectivity index (χ4v) is 2.43. The van der Waals surface area contributed by atoms with Gasteiger partial charge < -0.3 is 11.1 Å². The molecule has 0 fully saturated rings. The molecule has 6 heteroatoms. The summed E-state index contributed by atoms with van der Waals surface area (Å²) in [6.07, 6.45) is 6.37. The van der Waals surface area contributed by atoms with Gasteiger partial charge >= 0.3 is 0 Å². The fraction of sp³-hybridized carbons (Fsp3) is 0.500. The van der Waals surface area contributed by atoms with Crippen LogP contribution in [0.4, 0.5) is 14.5 Å². The van der Waals surface area contributed by atoms with Gasteiger partial charge in [0, 0.05) is 12.1 Å². The number of rotatable bonds is 9. The molecule has 1 rings (SSSR count). The van der Waals surface area contributed by atoms with Crippen molar-refractivity contribution in [1.82, 2.24) is 0 Å². The summed E-state index contributed by atoms with van der Waals surface area (Å²) >= 11 is 6.54. The van der Waals surface area contributed by atoms with Crippen molar-refractivity contribution in [2.75, 3.05) is 23.9 Å². The predicted molar refractivity (Wildman–Crippen MR) is 87.6 cm³/mol. The lowest BCUT2D eigenvalue weighted by molar-refractivity contribution is 0.585. The first-order valence-corrected chi connectivity index (χ1v) is 8.38. The number of thioether (sulfide) groups is 1. The first-order chi connectivity index (χ1) is 9.56. The fourth-order valence-electron chi connectivity index (χ4n) is 1.82. The van der Waals surface area contributed by atoms with Crippen LogP contribution >= 0.6 is 24.0 Å². The summed E-state index contributed by atoms with van der Waals surface area (Å²) in [5.74, 6) is -0.151. The van der Waals surface area contributed by atoms with Crippen molar-refractivity contribution in [2.45, 2.75) is 25.7 Å². The minimum atomic E-state index is -0.657. The minimum Gasteiger partial charge on any atom is -0.389 e. The van der Waals surface area contributed by atoms with Crippen LogP contribution in [0.3, 0.4) is 0 Å². The average molecular weight is 318 g/mol. The molecule has 0 unspecified atom stereocenters. The number of nitrogens with two attached hydrogens (primary N) is 1. The second-order valence-electron chi connectivity index (χ2n) is 4.51. The van der Waals surface area contributed by atoms with E-state index in [9.17, 15) is 8.78 Å². The number of nitrogens with one attached hydrogen (secondary N) is 1. The molecule has 0 aliphatic rings. The largest absolute Gasteiger partial charge is 0.389 e. The van der Waals surface area contributed by atoms with E-state index in [0.717, 1.165) is 37.1 Å². The quantitative estimate of drug-likeness (QED) is 0.534. The lowest BCUT2D eigenvalue weighted by Crippen LogP contribution is -2.12. The van der Waals surface area contributed by atoms with Gasteiger partial charge in [0.2, 0.25) is 0 Å². The summed E-state index contributed by atoms with van der Waals surface area (Å²) in [4.78, 5) is -0.0110. The topological polar surface area (TPSA) is 38.0 Å². The molecule has 1 aromatic rings. The van der Waals surface area contributed by atoms with Crippen LogP contribution in [-0.4, -0.2) is 23.5 Å². The van der Waals surface area contributed by atoms with Crippen LogP contribution < -0.4 is 11.1 Å². The maximum atomic E-state index is 13.7. The molecule has 2 nitrogen and oxygen atoms in total. The van der Waals surface area contributed by atoms with Gasteiger partial charge in [-0.3, -0.25) is 0 Å². The van der Waals surface area contributed by atoms with Gasteiger partial charge in [-0.1, -0.05) is 25.1 Å². The van der Waals surface area contributed by atoms with Gasteiger partial charge in [-0.2, -0.15) is 11.8 Å². The lowest BCUT2D eigenvalue weighted by atomic mass is 10.1. The van der Waals surface area contributed by atoms with E-state index in [1.807, 2.05) is 11.8 Å². The maximum Gasteiger partial charge on any atom is 0.150 e. The molecular weight excluding hydrogens is 298 g/mol. The van der Waals surface area contributed by atoms with Crippen molar-refractivity contribution < 1.29 is 8.78 Å². The number of hydrogen-bond donors (Lipinski definition) is 2. The number of anilines is 1. The highest BCUT2D eigenvalue weighted by molar-refractivity contribution is 7.98. The van der Waals surface area contributed by atoms with Crippen molar-refractivity contribution in [3.63, 3.8) is 0 Å². The Kier molecular flexibility index (Phi) is 7.84. The SMILES string of the molecule is CSCCCCCCNc1c(F)cc(C(N)=S)cc1F. The zero-order valence-electron chi connectivity index (χ0n) is 11.5. The molecule has 0 bridgehead atoms. The Balaban J connectivity index is 2.42. The smallest absolute Gasteiger partial charge is 0.150 e. The second kappa shape index (κ2) is 9.13. The van der Waals surface area contributed by atoms with Gasteiger partial charge in [0.1, 0.15) is 22.3 Å². The first-order valence-electron chi connectivity index (χ1n) is 6.58. The van der Waals surface area contributed by atoms with Crippen molar-refractivity contribution in [3.8, 4) is 0 Å². The monoisotopic (exact) mass is 318 g/mol. The third-order valence-electron chi connectivity index (χ3n) is 2.90. The molecule has 1 aromatic carbocycles. The number of unbranched alkanes of at least 4 members (excludes halogenated alkanes) is 3. The summed E-state index contributed by atoms with van der Waals surface area (Å²) in [6, 6.07) is 2.32. The van der Waals surface area contributed by atoms with Gasteiger partial charge in [-0.05, 0) is 37.0 Å². The lowest BCUT2D eigenvalue weighted by Gasteiger charge is -2.10. The Hall–Kier alpha value is -0.880. The highest BCUT2D eigenvalue weighted by Gasteiger charge is 2.11. The molecule has 0 saturated heterocycles. The van der Waals surface area contributed by atoms with Gasteiger partial charge in [0.05, 0.1) is 0 Å². The zero-order chi connectivity index (χ0) is 15.0. The van der Waals surface area contributed by atoms with Crippen molar-refractivity contribution >= 4 is 34.7 Å². The van der Waals surface area contributed by atoms with E-state index in [-0.39, 0.29) is 16.2 Å². The van der Waals surface area contributed by atoms with Gasteiger partial charge in [0.25, 0.3) is 0 Å². The summed E-state index contributed by atoms with van der Waals surface area (Å²) < 4.78 is 27.5. The van der Waals surface area contributed by atoms with E-state index in [0.29, 0.717) is 6.54 Å². The molecule has 0 aliphatic heterocycles. The summed E-state index contributed by atoms with van der Waals surface area (Å²) in [6.45, 7) is 0.555. The number of halogens is 2. The van der Waals surface area contributed by atoms with Gasteiger partial charge in [0.15, 0.2) is 0 Å². The van der Waals surface area contributed by atoms with Crippen LogP contribution in [0.1, 0.15) is 31.2 Å². The summed E-state index contributed by atoms with van der Waals surface area (Å²) in [7, 11) is 0. The molecule has 3 N–H and O–H groups in total. The third-order valence-corrected chi connectivity index (χ3v) is 3.84. The molecule has 0 aromatic heterocycles. The van der Waals surface area contributed by atoms with E-state index >= 15 is 0 Å². The number of hydrogen-bond acceptors (Lipinski definition) is 3. The van der Waals surface area contributed by atoms with E-state index in [1.54, 1.807) is 0 Å². The molecule has 0 aliphatic carbocycles. The minimum absolute atomic E-state index is 0.0110. The van der Waals surface area contributed by atoms with Crippen molar-refractivity contribution in [2.24, 2.45) is 5.73 Å². The van der Waals surface area contributed by atoms with Crippen molar-refractivity contribution in [3.05, 3.63) is 29.3 Å². The second-order valence-corrected chi connectivity index (χ2v) is 5.94. The molecule has 20 heavy (non-hydrogen) atoms. The third kappa shape index (κ3) is 5.63. The molecular formula is C14H20F2N2S2. The maximum absolute atomic E-state index is 13.7. The molecule has 0 heterocycles. The van der Waals surface area contributed by atoms with Crippen LogP contribution in [0.25, 0.3) is 0 Å². The number of benzene rings is 1. The van der Waals surface area contributed by atoms with Crippen LogP contribution in [0.2, 0.25) is 0 Å². The highest BCUT2D eigenvalue weighted by atomic mass is 32.2. The van der Waals surface area contributed by atoms with E-state index in [1.165, 1.54) is 6.42 Å². The predicted octanol–water partition coefficient (Wildman–Crippen LogP) is 3.93. The Bertz CT molecular complexity index is 430. The van der Waals surface area contributed by atoms with Crippen LogP contribution in [0, 0.1) is 11.6 Å². The molecule has 0 spiro atoms. The Morgan fingerprint density at radius 2 is 1.80 bits per heavy atom. The molecule has 0 saturated carbocycles.